The van der Waals surface area contributed by atoms with Gasteiger partial charge in [-0.3, -0.25) is 0 Å². The van der Waals surface area contributed by atoms with Crippen LogP contribution in [0.25, 0.3) is 10.9 Å². The van der Waals surface area contributed by atoms with E-state index in [1.165, 1.54) is 6.42 Å². The summed E-state index contributed by atoms with van der Waals surface area (Å²) in [6.07, 6.45) is 3.72. The topological polar surface area (TPSA) is 57.4 Å². The van der Waals surface area contributed by atoms with Crippen molar-refractivity contribution in [1.29, 1.82) is 0 Å². The molecule has 106 valence electrons. The van der Waals surface area contributed by atoms with Crippen molar-refractivity contribution >= 4 is 16.7 Å². The number of aromatic nitrogens is 1. The minimum absolute atomic E-state index is 0.235. The third-order valence-corrected chi connectivity index (χ3v) is 3.67. The average molecular weight is 272 g/mol. The first-order valence-electron chi connectivity index (χ1n) is 7.16. The van der Waals surface area contributed by atoms with Gasteiger partial charge >= 0.3 is 0 Å². The predicted molar refractivity (Wildman–Crippen MR) is 79.4 cm³/mol. The van der Waals surface area contributed by atoms with Gasteiger partial charge in [-0.15, -0.1) is 0 Å². The Morgan fingerprint density at radius 1 is 1.30 bits per heavy atom. The molecule has 1 aliphatic rings. The van der Waals surface area contributed by atoms with Gasteiger partial charge in [-0.25, -0.2) is 4.98 Å². The highest BCUT2D eigenvalue weighted by atomic mass is 16.5. The standard InChI is InChI=1S/C16H20N2O2/c17-16-13(9-12-5-1-2-7-15(12)18-16)10-19-11-14-6-3-4-8-20-14/h1-2,5,7,9,14H,3-4,6,8,10-11H2,(H2,17,18). The molecule has 3 rings (SSSR count). The Labute approximate surface area is 118 Å². The highest BCUT2D eigenvalue weighted by Crippen LogP contribution is 2.19. The first-order valence-corrected chi connectivity index (χ1v) is 7.16. The average Bonchev–Trinajstić information content (AvgIpc) is 2.49. The molecule has 4 nitrogen and oxygen atoms in total. The summed E-state index contributed by atoms with van der Waals surface area (Å²) in [4.78, 5) is 4.41. The van der Waals surface area contributed by atoms with Crippen LogP contribution >= 0.6 is 0 Å². The van der Waals surface area contributed by atoms with E-state index in [1.807, 2.05) is 24.3 Å². The molecule has 1 aromatic carbocycles. The fraction of sp³-hybridized carbons (Fsp3) is 0.438. The number of pyridine rings is 1. The summed E-state index contributed by atoms with van der Waals surface area (Å²) in [5, 5.41) is 1.09. The molecule has 2 N–H and O–H groups in total. The van der Waals surface area contributed by atoms with Gasteiger partial charge in [0.2, 0.25) is 0 Å². The Morgan fingerprint density at radius 2 is 2.20 bits per heavy atom. The van der Waals surface area contributed by atoms with Crippen LogP contribution < -0.4 is 5.73 Å². The van der Waals surface area contributed by atoms with Crippen molar-refractivity contribution in [2.75, 3.05) is 18.9 Å². The predicted octanol–water partition coefficient (Wildman–Crippen LogP) is 2.90. The first kappa shape index (κ1) is 13.3. The number of rotatable bonds is 4. The van der Waals surface area contributed by atoms with Gasteiger partial charge in [0.1, 0.15) is 5.82 Å². The summed E-state index contributed by atoms with van der Waals surface area (Å²) in [5.41, 5.74) is 7.85. The number of nitrogen functional groups attached to an aromatic ring is 1. The monoisotopic (exact) mass is 272 g/mol. The number of hydrogen-bond donors (Lipinski definition) is 1. The van der Waals surface area contributed by atoms with Gasteiger partial charge in [-0.05, 0) is 31.4 Å². The fourth-order valence-corrected chi connectivity index (χ4v) is 2.53. The van der Waals surface area contributed by atoms with E-state index in [-0.39, 0.29) is 6.10 Å². The molecule has 4 heteroatoms. The van der Waals surface area contributed by atoms with E-state index < -0.39 is 0 Å². The number of nitrogens with zero attached hydrogens (tertiary/aromatic N) is 1. The normalized spacial score (nSPS) is 19.3. The van der Waals surface area contributed by atoms with Gasteiger partial charge in [0.05, 0.1) is 24.8 Å². The lowest BCUT2D eigenvalue weighted by Gasteiger charge is -2.22. The highest BCUT2D eigenvalue weighted by molar-refractivity contribution is 5.81. The summed E-state index contributed by atoms with van der Waals surface area (Å²) in [6.45, 7) is 1.98. The van der Waals surface area contributed by atoms with E-state index in [4.69, 9.17) is 15.2 Å². The fourth-order valence-electron chi connectivity index (χ4n) is 2.53. The lowest BCUT2D eigenvalue weighted by Crippen LogP contribution is -2.24. The molecule has 0 spiro atoms. The van der Waals surface area contributed by atoms with Crippen molar-refractivity contribution in [3.05, 3.63) is 35.9 Å². The summed E-state index contributed by atoms with van der Waals surface area (Å²) in [5.74, 6) is 0.549. The van der Waals surface area contributed by atoms with Crippen molar-refractivity contribution in [1.82, 2.24) is 4.98 Å². The molecule has 1 fully saturated rings. The van der Waals surface area contributed by atoms with Crippen LogP contribution in [0.5, 0.6) is 0 Å². The molecule has 0 radical (unpaired) electrons. The molecule has 1 aliphatic heterocycles. The second-order valence-corrected chi connectivity index (χ2v) is 5.23. The van der Waals surface area contributed by atoms with Crippen molar-refractivity contribution < 1.29 is 9.47 Å². The van der Waals surface area contributed by atoms with Crippen LogP contribution in [-0.2, 0) is 16.1 Å². The van der Waals surface area contributed by atoms with Crippen LogP contribution in [0.2, 0.25) is 0 Å². The van der Waals surface area contributed by atoms with Crippen molar-refractivity contribution in [3.8, 4) is 0 Å². The Kier molecular flexibility index (Phi) is 4.14. The second kappa shape index (κ2) is 6.20. The molecule has 0 saturated carbocycles. The lowest BCUT2D eigenvalue weighted by molar-refractivity contribution is -0.0446. The number of benzene rings is 1. The smallest absolute Gasteiger partial charge is 0.129 e. The Hall–Kier alpha value is -1.65. The highest BCUT2D eigenvalue weighted by Gasteiger charge is 2.14. The van der Waals surface area contributed by atoms with Crippen LogP contribution in [-0.4, -0.2) is 24.3 Å². The van der Waals surface area contributed by atoms with Gasteiger partial charge in [0.15, 0.2) is 0 Å². The van der Waals surface area contributed by atoms with Gasteiger partial charge < -0.3 is 15.2 Å². The van der Waals surface area contributed by atoms with E-state index in [0.717, 1.165) is 35.9 Å². The molecule has 20 heavy (non-hydrogen) atoms. The minimum atomic E-state index is 0.235. The first-order chi connectivity index (χ1) is 9.83. The van der Waals surface area contributed by atoms with E-state index in [0.29, 0.717) is 19.0 Å². The molecule has 0 bridgehead atoms. The maximum absolute atomic E-state index is 5.98. The van der Waals surface area contributed by atoms with Crippen molar-refractivity contribution in [3.63, 3.8) is 0 Å². The molecule has 2 aromatic rings. The van der Waals surface area contributed by atoms with E-state index in [1.54, 1.807) is 0 Å². The quantitative estimate of drug-likeness (QED) is 0.929. The molecule has 1 saturated heterocycles. The molecule has 1 atom stereocenters. The maximum atomic E-state index is 5.98. The van der Waals surface area contributed by atoms with E-state index in [2.05, 4.69) is 11.1 Å². The van der Waals surface area contributed by atoms with Crippen molar-refractivity contribution in [2.45, 2.75) is 32.0 Å². The Bertz CT molecular complexity index is 580. The Balaban J connectivity index is 1.63. The number of ether oxygens (including phenoxy) is 2. The Morgan fingerprint density at radius 3 is 3.05 bits per heavy atom. The molecular weight excluding hydrogens is 252 g/mol. The van der Waals surface area contributed by atoms with E-state index in [9.17, 15) is 0 Å². The van der Waals surface area contributed by atoms with Crippen LogP contribution in [0.3, 0.4) is 0 Å². The molecular formula is C16H20N2O2. The summed E-state index contributed by atoms with van der Waals surface area (Å²) in [6, 6.07) is 10.0. The molecule has 0 amide bonds. The zero-order valence-corrected chi connectivity index (χ0v) is 11.5. The number of nitrogens with two attached hydrogens (primary N) is 1. The molecule has 1 unspecified atom stereocenters. The zero-order valence-electron chi connectivity index (χ0n) is 11.5. The number of anilines is 1. The largest absolute Gasteiger partial charge is 0.383 e. The minimum Gasteiger partial charge on any atom is -0.383 e. The van der Waals surface area contributed by atoms with Crippen LogP contribution in [0.15, 0.2) is 30.3 Å². The summed E-state index contributed by atoms with van der Waals surface area (Å²) >= 11 is 0. The summed E-state index contributed by atoms with van der Waals surface area (Å²) in [7, 11) is 0. The van der Waals surface area contributed by atoms with Crippen LogP contribution in [0.4, 0.5) is 5.82 Å². The van der Waals surface area contributed by atoms with Crippen LogP contribution in [0, 0.1) is 0 Å². The summed E-state index contributed by atoms with van der Waals surface area (Å²) < 4.78 is 11.4. The van der Waals surface area contributed by atoms with E-state index >= 15 is 0 Å². The number of hydrogen-bond acceptors (Lipinski definition) is 4. The molecule has 0 aliphatic carbocycles. The molecule has 2 heterocycles. The van der Waals surface area contributed by atoms with Gasteiger partial charge in [0, 0.05) is 17.6 Å². The van der Waals surface area contributed by atoms with Gasteiger partial charge in [-0.1, -0.05) is 18.2 Å². The number of fused-ring (bicyclic) bond motifs is 1. The van der Waals surface area contributed by atoms with Crippen LogP contribution in [0.1, 0.15) is 24.8 Å². The second-order valence-electron chi connectivity index (χ2n) is 5.23. The van der Waals surface area contributed by atoms with Crippen molar-refractivity contribution in [2.24, 2.45) is 0 Å². The maximum Gasteiger partial charge on any atom is 0.129 e. The van der Waals surface area contributed by atoms with Gasteiger partial charge in [0.25, 0.3) is 0 Å². The zero-order chi connectivity index (χ0) is 13.8. The molecule has 1 aromatic heterocycles. The van der Waals surface area contributed by atoms with Gasteiger partial charge in [-0.2, -0.15) is 0 Å². The number of para-hydroxylation sites is 1. The SMILES string of the molecule is Nc1nc2ccccc2cc1COCC1CCCCO1. The third-order valence-electron chi connectivity index (χ3n) is 3.67. The lowest BCUT2D eigenvalue weighted by atomic mass is 10.1. The third kappa shape index (κ3) is 3.08.